The minimum absolute atomic E-state index is 0.0238. The second-order valence-corrected chi connectivity index (χ2v) is 8.15. The zero-order valence-electron chi connectivity index (χ0n) is 17.5. The molecule has 5 N–H and O–H groups in total. The minimum atomic E-state index is -0.870. The smallest absolute Gasteiger partial charge is 0.273 e. The Morgan fingerprint density at radius 3 is 2.44 bits per heavy atom. The summed E-state index contributed by atoms with van der Waals surface area (Å²) >= 11 is 0.894. The summed E-state index contributed by atoms with van der Waals surface area (Å²) < 4.78 is 18.4. The fourth-order valence-electron chi connectivity index (χ4n) is 2.75. The zero-order chi connectivity index (χ0) is 23.6. The van der Waals surface area contributed by atoms with Crippen molar-refractivity contribution < 1.29 is 23.3 Å². The van der Waals surface area contributed by atoms with Crippen LogP contribution in [0.15, 0.2) is 34.9 Å². The third kappa shape index (κ3) is 4.75. The summed E-state index contributed by atoms with van der Waals surface area (Å²) in [4.78, 5) is 42.5. The molecule has 0 aliphatic rings. The summed E-state index contributed by atoms with van der Waals surface area (Å²) in [5, 5.41) is 6.46. The Kier molecular flexibility index (Phi) is 6.53. The summed E-state index contributed by atoms with van der Waals surface area (Å²) in [6.45, 7) is 5.11. The van der Waals surface area contributed by atoms with Gasteiger partial charge in [0.1, 0.15) is 22.6 Å². The van der Waals surface area contributed by atoms with Crippen LogP contribution >= 0.6 is 11.3 Å². The topological polar surface area (TPSA) is 157 Å². The predicted octanol–water partition coefficient (Wildman–Crippen LogP) is 2.23. The molecule has 12 heteroatoms. The highest BCUT2D eigenvalue weighted by Gasteiger charge is 2.29. The van der Waals surface area contributed by atoms with Gasteiger partial charge in [0, 0.05) is 17.8 Å². The Morgan fingerprint density at radius 2 is 1.84 bits per heavy atom. The van der Waals surface area contributed by atoms with Crippen LogP contribution in [0, 0.1) is 5.82 Å². The SMILES string of the molecule is CC(C)NC(=O)c1cc(C(=O)c2sc(N(c3ccc(F)cc3)C(C)C(N)=O)nc2N)on1. The first kappa shape index (κ1) is 22.9. The molecule has 3 rings (SSSR count). The van der Waals surface area contributed by atoms with Gasteiger partial charge in [-0.25, -0.2) is 9.37 Å². The van der Waals surface area contributed by atoms with E-state index in [1.54, 1.807) is 20.8 Å². The first-order valence-corrected chi connectivity index (χ1v) is 10.3. The molecule has 1 unspecified atom stereocenters. The fraction of sp³-hybridized carbons (Fsp3) is 0.250. The highest BCUT2D eigenvalue weighted by atomic mass is 32.1. The average molecular weight is 460 g/mol. The maximum Gasteiger partial charge on any atom is 0.273 e. The van der Waals surface area contributed by atoms with E-state index in [0.29, 0.717) is 5.69 Å². The fourth-order valence-corrected chi connectivity index (χ4v) is 3.78. The van der Waals surface area contributed by atoms with Gasteiger partial charge in [0.05, 0.1) is 0 Å². The number of carbonyl (C=O) groups excluding carboxylic acids is 3. The van der Waals surface area contributed by atoms with Gasteiger partial charge in [-0.3, -0.25) is 14.4 Å². The van der Waals surface area contributed by atoms with Crippen molar-refractivity contribution >= 4 is 45.6 Å². The lowest BCUT2D eigenvalue weighted by molar-refractivity contribution is -0.118. The van der Waals surface area contributed by atoms with Gasteiger partial charge in [0.2, 0.25) is 17.5 Å². The second-order valence-electron chi connectivity index (χ2n) is 7.17. The standard InChI is InChI=1S/C20H21FN6O4S/c1-9(2)24-19(30)13-8-14(31-26-13)15(28)16-17(22)25-20(32-16)27(10(3)18(23)29)12-6-4-11(21)5-7-12/h4-10H,22H2,1-3H3,(H2,23,29)(H,24,30). The number of nitrogens with zero attached hydrogens (tertiary/aromatic N) is 3. The van der Waals surface area contributed by atoms with Crippen molar-refractivity contribution in [3.63, 3.8) is 0 Å². The van der Waals surface area contributed by atoms with Crippen LogP contribution in [0.2, 0.25) is 0 Å². The number of nitrogens with two attached hydrogens (primary N) is 2. The molecule has 10 nitrogen and oxygen atoms in total. The van der Waals surface area contributed by atoms with Crippen molar-refractivity contribution in [3.8, 4) is 0 Å². The molecule has 0 aliphatic heterocycles. The van der Waals surface area contributed by atoms with E-state index < -0.39 is 29.5 Å². The van der Waals surface area contributed by atoms with Gasteiger partial charge in [0.15, 0.2) is 10.8 Å². The van der Waals surface area contributed by atoms with E-state index in [1.165, 1.54) is 35.2 Å². The number of anilines is 3. The lowest BCUT2D eigenvalue weighted by Crippen LogP contribution is -2.39. The normalized spacial score (nSPS) is 11.9. The van der Waals surface area contributed by atoms with E-state index >= 15 is 0 Å². The number of primary amides is 1. The van der Waals surface area contributed by atoms with Gasteiger partial charge in [-0.2, -0.15) is 0 Å². The number of rotatable bonds is 8. The molecular weight excluding hydrogens is 439 g/mol. The molecule has 0 spiro atoms. The third-order valence-corrected chi connectivity index (χ3v) is 5.41. The van der Waals surface area contributed by atoms with Crippen molar-refractivity contribution in [1.29, 1.82) is 0 Å². The number of nitrogen functional groups attached to an aromatic ring is 1. The Hall–Kier alpha value is -3.80. The summed E-state index contributed by atoms with van der Waals surface area (Å²) in [6.07, 6.45) is 0. The van der Waals surface area contributed by atoms with Crippen LogP contribution in [0.3, 0.4) is 0 Å². The molecule has 1 aromatic carbocycles. The third-order valence-electron chi connectivity index (χ3n) is 4.34. The highest BCUT2D eigenvalue weighted by Crippen LogP contribution is 2.36. The number of hydrogen-bond acceptors (Lipinski definition) is 9. The molecule has 32 heavy (non-hydrogen) atoms. The number of ketones is 1. The maximum absolute atomic E-state index is 13.4. The Morgan fingerprint density at radius 1 is 1.19 bits per heavy atom. The molecule has 0 bridgehead atoms. The number of nitrogens with one attached hydrogen (secondary N) is 1. The van der Waals surface area contributed by atoms with Crippen LogP contribution in [0.5, 0.6) is 0 Å². The van der Waals surface area contributed by atoms with Gasteiger partial charge in [-0.15, -0.1) is 0 Å². The van der Waals surface area contributed by atoms with Crippen LogP contribution in [0.25, 0.3) is 0 Å². The van der Waals surface area contributed by atoms with Gasteiger partial charge in [-0.05, 0) is 45.0 Å². The highest BCUT2D eigenvalue weighted by molar-refractivity contribution is 7.18. The quantitative estimate of drug-likeness (QED) is 0.432. The average Bonchev–Trinajstić information content (AvgIpc) is 3.36. The second kappa shape index (κ2) is 9.14. The van der Waals surface area contributed by atoms with E-state index in [4.69, 9.17) is 16.0 Å². The molecular formula is C20H21FN6O4S. The lowest BCUT2D eigenvalue weighted by atomic mass is 10.2. The molecule has 0 saturated heterocycles. The minimum Gasteiger partial charge on any atom is -0.382 e. The number of aromatic nitrogens is 2. The van der Waals surface area contributed by atoms with Crippen LogP contribution in [0.1, 0.15) is 46.7 Å². The number of thiazole rings is 1. The predicted molar refractivity (Wildman–Crippen MR) is 116 cm³/mol. The molecule has 2 aromatic heterocycles. The molecule has 2 amide bonds. The first-order chi connectivity index (χ1) is 15.1. The van der Waals surface area contributed by atoms with E-state index in [-0.39, 0.29) is 33.3 Å². The Balaban J connectivity index is 1.95. The molecule has 0 fully saturated rings. The zero-order valence-corrected chi connectivity index (χ0v) is 18.3. The molecule has 3 aromatic rings. The monoisotopic (exact) mass is 460 g/mol. The summed E-state index contributed by atoms with van der Waals surface area (Å²) in [6, 6.07) is 5.55. The van der Waals surface area contributed by atoms with Gasteiger partial charge in [0.25, 0.3) is 5.91 Å². The lowest BCUT2D eigenvalue weighted by Gasteiger charge is -2.26. The Bertz CT molecular complexity index is 1160. The van der Waals surface area contributed by atoms with Crippen molar-refractivity contribution in [2.75, 3.05) is 10.6 Å². The molecule has 2 heterocycles. The number of amides is 2. The Labute approximate surface area is 186 Å². The van der Waals surface area contributed by atoms with Crippen molar-refractivity contribution in [1.82, 2.24) is 15.5 Å². The molecule has 168 valence electrons. The number of hydrogen-bond donors (Lipinski definition) is 3. The maximum atomic E-state index is 13.4. The van der Waals surface area contributed by atoms with Crippen molar-refractivity contribution in [2.45, 2.75) is 32.9 Å². The number of halogens is 1. The molecule has 0 saturated carbocycles. The number of benzene rings is 1. The van der Waals surface area contributed by atoms with Crippen LogP contribution < -0.4 is 21.7 Å². The van der Waals surface area contributed by atoms with E-state index in [2.05, 4.69) is 15.5 Å². The first-order valence-electron chi connectivity index (χ1n) is 9.51. The van der Waals surface area contributed by atoms with Gasteiger partial charge >= 0.3 is 0 Å². The van der Waals surface area contributed by atoms with E-state index in [1.807, 2.05) is 0 Å². The summed E-state index contributed by atoms with van der Waals surface area (Å²) in [7, 11) is 0. The van der Waals surface area contributed by atoms with Crippen LogP contribution in [0.4, 0.5) is 21.0 Å². The van der Waals surface area contributed by atoms with Crippen LogP contribution in [-0.2, 0) is 4.79 Å². The molecule has 1 atom stereocenters. The van der Waals surface area contributed by atoms with Gasteiger partial charge in [-0.1, -0.05) is 16.5 Å². The number of carbonyl (C=O) groups is 3. The largest absolute Gasteiger partial charge is 0.382 e. The van der Waals surface area contributed by atoms with Crippen LogP contribution in [-0.4, -0.2) is 39.8 Å². The van der Waals surface area contributed by atoms with Crippen molar-refractivity contribution in [3.05, 3.63) is 52.5 Å². The van der Waals surface area contributed by atoms with E-state index in [0.717, 1.165) is 11.3 Å². The summed E-state index contributed by atoms with van der Waals surface area (Å²) in [5.74, 6) is -2.54. The molecule has 0 radical (unpaired) electrons. The van der Waals surface area contributed by atoms with Gasteiger partial charge < -0.3 is 26.2 Å². The summed E-state index contributed by atoms with van der Waals surface area (Å²) in [5.41, 5.74) is 11.8. The molecule has 0 aliphatic carbocycles. The van der Waals surface area contributed by atoms with E-state index in [9.17, 15) is 18.8 Å². The van der Waals surface area contributed by atoms with Crippen molar-refractivity contribution in [2.24, 2.45) is 5.73 Å².